The number of fused-ring (bicyclic) bond motifs is 2. The second-order valence-electron chi connectivity index (χ2n) is 8.89. The molecule has 5 aromatic heterocycles. The number of rotatable bonds is 6. The molecule has 12 heteroatoms. The molecule has 0 aliphatic carbocycles. The number of nitrogens with one attached hydrogen (secondary N) is 2. The molecule has 0 atom stereocenters. The number of H-pyrrole nitrogens is 2. The van der Waals surface area contributed by atoms with Crippen LogP contribution in [0.25, 0.3) is 56.0 Å². The number of hydrogen-bond acceptors (Lipinski definition) is 7. The minimum Gasteiger partial charge on any atom is -0.336 e. The molecule has 0 radical (unpaired) electrons. The van der Waals surface area contributed by atoms with Crippen molar-refractivity contribution < 1.29 is 17.2 Å². The van der Waals surface area contributed by atoms with Crippen LogP contribution < -0.4 is 0 Å². The number of benzene rings is 1. The van der Waals surface area contributed by atoms with Gasteiger partial charge in [-0.2, -0.15) is 5.10 Å². The van der Waals surface area contributed by atoms with Crippen molar-refractivity contribution in [2.24, 2.45) is 0 Å². The highest BCUT2D eigenvalue weighted by molar-refractivity contribution is 7.90. The zero-order valence-electron chi connectivity index (χ0n) is 19.9. The maximum absolute atomic E-state index is 15.7. The van der Waals surface area contributed by atoms with E-state index in [1.165, 1.54) is 24.5 Å². The summed E-state index contributed by atoms with van der Waals surface area (Å²) in [5.41, 5.74) is 3.67. The Hall–Kier alpha value is -4.58. The van der Waals surface area contributed by atoms with Crippen LogP contribution in [0.4, 0.5) is 8.78 Å². The molecule has 190 valence electrons. The minimum atomic E-state index is -3.22. The largest absolute Gasteiger partial charge is 0.336 e. The van der Waals surface area contributed by atoms with E-state index in [1.54, 1.807) is 36.7 Å². The van der Waals surface area contributed by atoms with Crippen molar-refractivity contribution in [3.05, 3.63) is 78.4 Å². The number of halogens is 2. The van der Waals surface area contributed by atoms with E-state index < -0.39 is 21.5 Å². The summed E-state index contributed by atoms with van der Waals surface area (Å²) in [6.45, 7) is 0. The van der Waals surface area contributed by atoms with Crippen molar-refractivity contribution in [1.29, 1.82) is 0 Å². The summed E-state index contributed by atoms with van der Waals surface area (Å²) in [6, 6.07) is 9.43. The van der Waals surface area contributed by atoms with Crippen LogP contribution in [-0.4, -0.2) is 55.5 Å². The predicted octanol–water partition coefficient (Wildman–Crippen LogP) is 4.49. The highest BCUT2D eigenvalue weighted by Crippen LogP contribution is 2.34. The fourth-order valence-corrected chi connectivity index (χ4v) is 4.95. The number of sulfone groups is 1. The molecule has 0 fully saturated rings. The van der Waals surface area contributed by atoms with E-state index in [0.29, 0.717) is 38.9 Å². The van der Waals surface area contributed by atoms with Gasteiger partial charge in [-0.05, 0) is 48.4 Å². The van der Waals surface area contributed by atoms with Crippen molar-refractivity contribution in [3.63, 3.8) is 0 Å². The summed E-state index contributed by atoms with van der Waals surface area (Å²) >= 11 is 0. The van der Waals surface area contributed by atoms with Crippen LogP contribution in [0.3, 0.4) is 0 Å². The molecule has 6 aromatic rings. The Bertz CT molecular complexity index is 1940. The SMILES string of the molecule is CS(=O)(=O)CCc1cc(F)cc(-c2nccc3[nH]c(-c4n[nH]c5cnc(-c6cccnc6)c(F)c45)nc23)c1. The third-order valence-electron chi connectivity index (χ3n) is 6.10. The number of hydrogen-bond donors (Lipinski definition) is 2. The second kappa shape index (κ2) is 9.06. The van der Waals surface area contributed by atoms with Crippen molar-refractivity contribution in [2.45, 2.75) is 6.42 Å². The van der Waals surface area contributed by atoms with E-state index in [0.717, 1.165) is 6.26 Å². The first-order chi connectivity index (χ1) is 18.3. The number of aromatic amines is 2. The monoisotopic (exact) mass is 531 g/mol. The smallest absolute Gasteiger partial charge is 0.161 e. The van der Waals surface area contributed by atoms with E-state index in [2.05, 4.69) is 35.1 Å². The van der Waals surface area contributed by atoms with E-state index >= 15 is 4.39 Å². The Kier molecular flexibility index (Phi) is 5.68. The average Bonchev–Trinajstić information content (AvgIpc) is 3.52. The van der Waals surface area contributed by atoms with Crippen molar-refractivity contribution in [2.75, 3.05) is 12.0 Å². The molecule has 0 aliphatic rings. The maximum Gasteiger partial charge on any atom is 0.161 e. The Morgan fingerprint density at radius 3 is 2.58 bits per heavy atom. The Morgan fingerprint density at radius 1 is 0.921 bits per heavy atom. The molecule has 0 unspecified atom stereocenters. The van der Waals surface area contributed by atoms with E-state index in [4.69, 9.17) is 0 Å². The lowest BCUT2D eigenvalue weighted by Crippen LogP contribution is -2.06. The molecule has 0 spiro atoms. The summed E-state index contributed by atoms with van der Waals surface area (Å²) in [5.74, 6) is -0.903. The molecule has 6 rings (SSSR count). The number of aromatic nitrogens is 7. The first-order valence-electron chi connectivity index (χ1n) is 11.5. The quantitative estimate of drug-likeness (QED) is 0.324. The van der Waals surface area contributed by atoms with E-state index in [1.807, 2.05) is 0 Å². The summed E-state index contributed by atoms with van der Waals surface area (Å²) < 4.78 is 53.4. The lowest BCUT2D eigenvalue weighted by Gasteiger charge is -2.06. The van der Waals surface area contributed by atoms with Gasteiger partial charge in [0.2, 0.25) is 0 Å². The van der Waals surface area contributed by atoms with Gasteiger partial charge in [0, 0.05) is 36.0 Å². The molecule has 38 heavy (non-hydrogen) atoms. The molecule has 0 aliphatic heterocycles. The topological polar surface area (TPSA) is 130 Å². The summed E-state index contributed by atoms with van der Waals surface area (Å²) in [5, 5.41) is 7.29. The van der Waals surface area contributed by atoms with Crippen LogP contribution in [0.15, 0.2) is 61.2 Å². The summed E-state index contributed by atoms with van der Waals surface area (Å²) in [7, 11) is -3.22. The van der Waals surface area contributed by atoms with Gasteiger partial charge in [-0.15, -0.1) is 0 Å². The van der Waals surface area contributed by atoms with Gasteiger partial charge in [-0.25, -0.2) is 22.2 Å². The number of pyridine rings is 3. The molecule has 1 aromatic carbocycles. The van der Waals surface area contributed by atoms with Crippen molar-refractivity contribution in [3.8, 4) is 34.0 Å². The number of nitrogens with zero attached hydrogens (tertiary/aromatic N) is 5. The standard InChI is InChI=1S/C26H19F2N7O2S/c1-38(36,37)8-5-14-9-16(11-17(27)10-14)23-24-18(4-7-30-23)32-26(33-24)25-20-19(34-35-25)13-31-22(21(20)28)15-3-2-6-29-12-15/h2-4,6-7,9-13H,5,8H2,1H3,(H,32,33)(H,34,35). The van der Waals surface area contributed by atoms with Crippen LogP contribution in [0.2, 0.25) is 0 Å². The van der Waals surface area contributed by atoms with Crippen molar-refractivity contribution >= 4 is 31.8 Å². The highest BCUT2D eigenvalue weighted by Gasteiger charge is 2.21. The summed E-state index contributed by atoms with van der Waals surface area (Å²) in [4.78, 5) is 20.5. The second-order valence-corrected chi connectivity index (χ2v) is 11.2. The normalized spacial score (nSPS) is 12.0. The number of aryl methyl sites for hydroxylation is 1. The Labute approximate surface area is 215 Å². The zero-order valence-corrected chi connectivity index (χ0v) is 20.7. The van der Waals surface area contributed by atoms with Crippen LogP contribution in [-0.2, 0) is 16.3 Å². The average molecular weight is 532 g/mol. The fraction of sp³-hybridized carbons (Fsp3) is 0.115. The lowest BCUT2D eigenvalue weighted by molar-refractivity contribution is 0.600. The van der Waals surface area contributed by atoms with Crippen LogP contribution in [0.1, 0.15) is 5.56 Å². The Morgan fingerprint density at radius 2 is 1.79 bits per heavy atom. The Balaban J connectivity index is 1.46. The van der Waals surface area contributed by atoms with E-state index in [9.17, 15) is 12.8 Å². The molecule has 5 heterocycles. The molecule has 0 saturated carbocycles. The van der Waals surface area contributed by atoms with Crippen LogP contribution >= 0.6 is 0 Å². The molecular formula is C26H19F2N7O2S. The van der Waals surface area contributed by atoms with Gasteiger partial charge in [0.25, 0.3) is 0 Å². The molecule has 2 N–H and O–H groups in total. The molecule has 0 saturated heterocycles. The fourth-order valence-electron chi connectivity index (χ4n) is 4.34. The van der Waals surface area contributed by atoms with Gasteiger partial charge in [0.1, 0.15) is 32.6 Å². The van der Waals surface area contributed by atoms with Crippen molar-refractivity contribution in [1.82, 2.24) is 35.1 Å². The predicted molar refractivity (Wildman–Crippen MR) is 139 cm³/mol. The maximum atomic E-state index is 15.7. The third kappa shape index (κ3) is 4.39. The zero-order chi connectivity index (χ0) is 26.4. The molecule has 0 amide bonds. The first kappa shape index (κ1) is 23.8. The molecule has 0 bridgehead atoms. The van der Waals surface area contributed by atoms with E-state index in [-0.39, 0.29) is 34.8 Å². The van der Waals surface area contributed by atoms with Crippen LogP contribution in [0.5, 0.6) is 0 Å². The highest BCUT2D eigenvalue weighted by atomic mass is 32.2. The van der Waals surface area contributed by atoms with Gasteiger partial charge in [-0.3, -0.25) is 20.1 Å². The number of imidazole rings is 1. The van der Waals surface area contributed by atoms with Gasteiger partial charge in [0.05, 0.1) is 34.1 Å². The van der Waals surface area contributed by atoms with Gasteiger partial charge in [0.15, 0.2) is 11.6 Å². The summed E-state index contributed by atoms with van der Waals surface area (Å²) in [6.07, 6.45) is 7.47. The molecule has 9 nitrogen and oxygen atoms in total. The van der Waals surface area contributed by atoms with Gasteiger partial charge in [-0.1, -0.05) is 0 Å². The van der Waals surface area contributed by atoms with Gasteiger partial charge >= 0.3 is 0 Å². The van der Waals surface area contributed by atoms with Gasteiger partial charge < -0.3 is 4.98 Å². The molecular weight excluding hydrogens is 512 g/mol. The third-order valence-corrected chi connectivity index (χ3v) is 7.04. The lowest BCUT2D eigenvalue weighted by atomic mass is 10.0. The minimum absolute atomic E-state index is 0.103. The van der Waals surface area contributed by atoms with Crippen LogP contribution in [0, 0.1) is 11.6 Å². The first-order valence-corrected chi connectivity index (χ1v) is 13.6.